The second-order valence-electron chi connectivity index (χ2n) is 11.0. The largest absolute Gasteiger partial charge is 0.462 e. The highest BCUT2D eigenvalue weighted by atomic mass is 16.5. The van der Waals surface area contributed by atoms with Gasteiger partial charge < -0.3 is 25.2 Å². The van der Waals surface area contributed by atoms with Gasteiger partial charge in [0.15, 0.2) is 5.78 Å². The van der Waals surface area contributed by atoms with Crippen LogP contribution in [-0.4, -0.2) is 49.4 Å². The zero-order valence-corrected chi connectivity index (χ0v) is 24.1. The van der Waals surface area contributed by atoms with E-state index in [0.717, 1.165) is 16.9 Å². The molecule has 4 rings (SSSR count). The van der Waals surface area contributed by atoms with Gasteiger partial charge in [0.2, 0.25) is 0 Å². The van der Waals surface area contributed by atoms with Gasteiger partial charge in [-0.2, -0.15) is 0 Å². The van der Waals surface area contributed by atoms with Crippen molar-refractivity contribution < 1.29 is 23.9 Å². The Hall–Kier alpha value is -4.66. The molecule has 0 radical (unpaired) electrons. The van der Waals surface area contributed by atoms with Crippen molar-refractivity contribution in [3.05, 3.63) is 83.9 Å². The Morgan fingerprint density at radius 1 is 0.951 bits per heavy atom. The van der Waals surface area contributed by atoms with Gasteiger partial charge in [0.1, 0.15) is 6.04 Å². The van der Waals surface area contributed by atoms with Crippen molar-refractivity contribution >= 4 is 46.4 Å². The first kappa shape index (κ1) is 29.3. The molecule has 3 aromatic rings. The minimum Gasteiger partial charge on any atom is -0.462 e. The van der Waals surface area contributed by atoms with E-state index < -0.39 is 29.4 Å². The standard InChI is InChI=1S/C32H36N4O5/c1-6-41-30(39)22-11-10-12-23(18-22)33-31(40)34-25-19-35(24-13-8-7-9-14-24)26-16-15-21(2)17-27(26)36(29(25)38)20-28(37)32(3,4)5/h7-18,25H,6,19-20H2,1-5H3,(H2,33,34,40). The van der Waals surface area contributed by atoms with Crippen molar-refractivity contribution in [2.24, 2.45) is 5.41 Å². The lowest BCUT2D eigenvalue weighted by molar-refractivity contribution is -0.127. The van der Waals surface area contributed by atoms with Crippen molar-refractivity contribution in [3.8, 4) is 0 Å². The van der Waals surface area contributed by atoms with Crippen LogP contribution in [0.25, 0.3) is 0 Å². The molecule has 1 unspecified atom stereocenters. The van der Waals surface area contributed by atoms with Gasteiger partial charge in [-0.1, -0.05) is 51.1 Å². The Morgan fingerprint density at radius 2 is 1.68 bits per heavy atom. The van der Waals surface area contributed by atoms with E-state index in [1.807, 2.05) is 81.1 Å². The molecule has 1 atom stereocenters. The smallest absolute Gasteiger partial charge is 0.338 e. The third-order valence-electron chi connectivity index (χ3n) is 6.78. The molecule has 9 heteroatoms. The SMILES string of the molecule is CCOC(=O)c1cccc(NC(=O)NC2CN(c3ccccc3)c3ccc(C)cc3N(CC(=O)C(C)(C)C)C2=O)c1. The Kier molecular flexibility index (Phi) is 8.76. The van der Waals surface area contributed by atoms with Crippen molar-refractivity contribution in [2.75, 3.05) is 34.8 Å². The number of urea groups is 1. The minimum atomic E-state index is -0.996. The number of aryl methyl sites for hydroxylation is 1. The summed E-state index contributed by atoms with van der Waals surface area (Å²) in [5, 5.41) is 5.53. The van der Waals surface area contributed by atoms with Crippen LogP contribution in [-0.2, 0) is 14.3 Å². The molecule has 214 valence electrons. The normalized spacial score (nSPS) is 15.0. The third kappa shape index (κ3) is 6.92. The first-order valence-corrected chi connectivity index (χ1v) is 13.6. The summed E-state index contributed by atoms with van der Waals surface area (Å²) in [5.74, 6) is -1.00. The zero-order chi connectivity index (χ0) is 29.7. The second kappa shape index (κ2) is 12.2. The third-order valence-corrected chi connectivity index (χ3v) is 6.78. The number of benzene rings is 3. The van der Waals surface area contributed by atoms with Crippen molar-refractivity contribution in [3.63, 3.8) is 0 Å². The van der Waals surface area contributed by atoms with Gasteiger partial charge in [0, 0.05) is 16.8 Å². The fraction of sp³-hybridized carbons (Fsp3) is 0.312. The van der Waals surface area contributed by atoms with Gasteiger partial charge in [0.05, 0.1) is 36.6 Å². The van der Waals surface area contributed by atoms with Gasteiger partial charge in [-0.3, -0.25) is 9.59 Å². The number of amides is 3. The average Bonchev–Trinajstić information content (AvgIpc) is 3.03. The summed E-state index contributed by atoms with van der Waals surface area (Å²) in [5.41, 5.74) is 3.12. The topological polar surface area (TPSA) is 108 Å². The predicted octanol–water partition coefficient (Wildman–Crippen LogP) is 5.46. The molecule has 0 spiro atoms. The average molecular weight is 557 g/mol. The molecule has 1 aliphatic heterocycles. The van der Waals surface area contributed by atoms with E-state index in [9.17, 15) is 19.2 Å². The monoisotopic (exact) mass is 556 g/mol. The van der Waals surface area contributed by atoms with E-state index in [-0.39, 0.29) is 25.5 Å². The van der Waals surface area contributed by atoms with Gasteiger partial charge >= 0.3 is 12.0 Å². The fourth-order valence-corrected chi connectivity index (χ4v) is 4.51. The number of Topliss-reactive ketones (excluding diaryl/α,β-unsaturated/α-hetero) is 1. The van der Waals surface area contributed by atoms with E-state index >= 15 is 0 Å². The van der Waals surface area contributed by atoms with Crippen molar-refractivity contribution in [1.29, 1.82) is 0 Å². The van der Waals surface area contributed by atoms with E-state index in [1.165, 1.54) is 11.0 Å². The van der Waals surface area contributed by atoms with Crippen LogP contribution in [0.15, 0.2) is 72.8 Å². The maximum Gasteiger partial charge on any atom is 0.338 e. The summed E-state index contributed by atoms with van der Waals surface area (Å²) < 4.78 is 5.05. The Morgan fingerprint density at radius 3 is 2.37 bits per heavy atom. The lowest BCUT2D eigenvalue weighted by atomic mass is 9.90. The summed E-state index contributed by atoms with van der Waals surface area (Å²) in [7, 11) is 0. The molecule has 1 heterocycles. The second-order valence-corrected chi connectivity index (χ2v) is 11.0. The Balaban J connectivity index is 1.69. The van der Waals surface area contributed by atoms with Crippen LogP contribution in [0.5, 0.6) is 0 Å². The number of ketones is 1. The molecule has 41 heavy (non-hydrogen) atoms. The molecule has 2 N–H and O–H groups in total. The van der Waals surface area contributed by atoms with Crippen LogP contribution in [0, 0.1) is 12.3 Å². The number of para-hydroxylation sites is 1. The highest BCUT2D eigenvalue weighted by molar-refractivity contribution is 6.08. The molecule has 1 aliphatic rings. The summed E-state index contributed by atoms with van der Waals surface area (Å²) in [6, 6.07) is 20.1. The fourth-order valence-electron chi connectivity index (χ4n) is 4.51. The summed E-state index contributed by atoms with van der Waals surface area (Å²) >= 11 is 0. The highest BCUT2D eigenvalue weighted by Crippen LogP contribution is 2.38. The van der Waals surface area contributed by atoms with Gasteiger partial charge in [-0.05, 0) is 61.9 Å². The van der Waals surface area contributed by atoms with Crippen LogP contribution in [0.2, 0.25) is 0 Å². The predicted molar refractivity (Wildman–Crippen MR) is 160 cm³/mol. The first-order valence-electron chi connectivity index (χ1n) is 13.6. The number of anilines is 4. The highest BCUT2D eigenvalue weighted by Gasteiger charge is 2.37. The summed E-state index contributed by atoms with van der Waals surface area (Å²) in [4.78, 5) is 56.1. The van der Waals surface area contributed by atoms with Crippen LogP contribution in [0.1, 0.15) is 43.6 Å². The number of esters is 1. The molecule has 0 aromatic heterocycles. The molecule has 0 bridgehead atoms. The molecule has 0 saturated heterocycles. The number of rotatable bonds is 7. The van der Waals surface area contributed by atoms with E-state index in [2.05, 4.69) is 10.6 Å². The van der Waals surface area contributed by atoms with Crippen LogP contribution in [0.4, 0.5) is 27.5 Å². The number of nitrogens with one attached hydrogen (secondary N) is 2. The maximum atomic E-state index is 14.1. The number of ether oxygens (including phenoxy) is 1. The summed E-state index contributed by atoms with van der Waals surface area (Å²) in [6.45, 7) is 9.33. The minimum absolute atomic E-state index is 0.106. The van der Waals surface area contributed by atoms with Crippen LogP contribution >= 0.6 is 0 Å². The number of hydrogen-bond acceptors (Lipinski definition) is 6. The zero-order valence-electron chi connectivity index (χ0n) is 24.1. The molecule has 0 saturated carbocycles. The lowest BCUT2D eigenvalue weighted by Crippen LogP contribution is -2.54. The first-order chi connectivity index (χ1) is 19.5. The van der Waals surface area contributed by atoms with Gasteiger partial charge in [-0.25, -0.2) is 9.59 Å². The number of carbonyl (C=O) groups is 4. The van der Waals surface area contributed by atoms with E-state index in [0.29, 0.717) is 16.9 Å². The lowest BCUT2D eigenvalue weighted by Gasteiger charge is -2.28. The van der Waals surface area contributed by atoms with Gasteiger partial charge in [-0.15, -0.1) is 0 Å². The number of nitrogens with zero attached hydrogens (tertiary/aromatic N) is 2. The number of fused-ring (bicyclic) bond motifs is 1. The van der Waals surface area contributed by atoms with E-state index in [4.69, 9.17) is 4.74 Å². The molecule has 3 amide bonds. The molecule has 0 aliphatic carbocycles. The molecular weight excluding hydrogens is 520 g/mol. The van der Waals surface area contributed by atoms with Crippen LogP contribution in [0.3, 0.4) is 0 Å². The maximum absolute atomic E-state index is 14.1. The van der Waals surface area contributed by atoms with Crippen LogP contribution < -0.4 is 20.4 Å². The van der Waals surface area contributed by atoms with Gasteiger partial charge in [0.25, 0.3) is 5.91 Å². The molecule has 0 fully saturated rings. The molecule has 9 nitrogen and oxygen atoms in total. The van der Waals surface area contributed by atoms with Crippen molar-refractivity contribution in [1.82, 2.24) is 5.32 Å². The van der Waals surface area contributed by atoms with E-state index in [1.54, 1.807) is 25.1 Å². The quantitative estimate of drug-likeness (QED) is 0.374. The summed E-state index contributed by atoms with van der Waals surface area (Å²) in [6.07, 6.45) is 0. The number of carbonyl (C=O) groups excluding carboxylic acids is 4. The van der Waals surface area contributed by atoms with Crippen molar-refractivity contribution in [2.45, 2.75) is 40.7 Å². The Bertz CT molecular complexity index is 1450. The number of hydrogen-bond donors (Lipinski definition) is 2. The Labute approximate surface area is 240 Å². The molecular formula is C32H36N4O5. The molecule has 3 aromatic carbocycles.